The Labute approximate surface area is 119 Å². The van der Waals surface area contributed by atoms with Crippen molar-refractivity contribution in [3.63, 3.8) is 0 Å². The first-order valence-electron chi connectivity index (χ1n) is 6.22. The number of nitrogens with one attached hydrogen (secondary N) is 1. The van der Waals surface area contributed by atoms with E-state index in [-0.39, 0.29) is 5.88 Å². The molecule has 0 aliphatic rings. The summed E-state index contributed by atoms with van der Waals surface area (Å²) in [6.07, 6.45) is 1.42. The molecule has 3 rings (SSSR count). The number of aromatic amines is 1. The first-order chi connectivity index (χ1) is 10.2. The third-order valence-electron chi connectivity index (χ3n) is 3.14. The highest BCUT2D eigenvalue weighted by molar-refractivity contribution is 6.02. The van der Waals surface area contributed by atoms with Crippen LogP contribution in [-0.4, -0.2) is 16.3 Å². The fourth-order valence-corrected chi connectivity index (χ4v) is 2.12. The van der Waals surface area contributed by atoms with Crippen molar-refractivity contribution in [2.75, 3.05) is 0 Å². The zero-order chi connectivity index (χ0) is 14.8. The lowest BCUT2D eigenvalue weighted by molar-refractivity contribution is 0.457. The van der Waals surface area contributed by atoms with E-state index in [9.17, 15) is 9.50 Å². The first-order valence-corrected chi connectivity index (χ1v) is 6.22. The summed E-state index contributed by atoms with van der Waals surface area (Å²) in [5.74, 6) is -0.484. The second-order valence-corrected chi connectivity index (χ2v) is 4.46. The first kappa shape index (κ1) is 12.9. The maximum absolute atomic E-state index is 13.3. The van der Waals surface area contributed by atoms with Crippen LogP contribution in [0.5, 0.6) is 5.88 Å². The minimum Gasteiger partial charge on any atom is -0.494 e. The van der Waals surface area contributed by atoms with Crippen LogP contribution in [0.3, 0.4) is 0 Å². The van der Waals surface area contributed by atoms with Crippen molar-refractivity contribution in [3.05, 3.63) is 59.4 Å². The Morgan fingerprint density at radius 2 is 2.05 bits per heavy atom. The highest BCUT2D eigenvalue weighted by Gasteiger charge is 2.09. The molecule has 0 spiro atoms. The highest BCUT2D eigenvalue weighted by Crippen LogP contribution is 2.27. The summed E-state index contributed by atoms with van der Waals surface area (Å²) in [6, 6.07) is 13.1. The van der Waals surface area contributed by atoms with Crippen LogP contribution in [0, 0.1) is 17.1 Å². The van der Waals surface area contributed by atoms with E-state index in [1.807, 2.05) is 6.07 Å². The van der Waals surface area contributed by atoms with Gasteiger partial charge in [-0.25, -0.2) is 4.39 Å². The smallest absolute Gasteiger partial charge is 0.198 e. The Hall–Kier alpha value is -3.13. The number of nitriles is 1. The van der Waals surface area contributed by atoms with Crippen molar-refractivity contribution >= 4 is 22.8 Å². The Kier molecular flexibility index (Phi) is 3.13. The van der Waals surface area contributed by atoms with Crippen molar-refractivity contribution in [1.29, 1.82) is 5.26 Å². The van der Waals surface area contributed by atoms with Gasteiger partial charge < -0.3 is 10.1 Å². The number of para-hydroxylation sites is 1. The van der Waals surface area contributed by atoms with Crippen LogP contribution in [0.2, 0.25) is 0 Å². The molecule has 102 valence electrons. The Balaban J connectivity index is 2.09. The van der Waals surface area contributed by atoms with E-state index in [4.69, 9.17) is 5.26 Å². The van der Waals surface area contributed by atoms with Crippen LogP contribution in [0.25, 0.3) is 10.9 Å². The maximum Gasteiger partial charge on any atom is 0.198 e. The third-order valence-corrected chi connectivity index (χ3v) is 3.14. The molecular weight excluding hydrogens is 269 g/mol. The predicted octanol–water partition coefficient (Wildman–Crippen LogP) is 3.63. The normalized spacial score (nSPS) is 11.0. The molecule has 5 heteroatoms. The Morgan fingerprint density at radius 1 is 1.24 bits per heavy atom. The van der Waals surface area contributed by atoms with Gasteiger partial charge in [-0.05, 0) is 30.3 Å². The van der Waals surface area contributed by atoms with Crippen LogP contribution in [0.15, 0.2) is 47.5 Å². The lowest BCUT2D eigenvalue weighted by Crippen LogP contribution is -1.82. The standard InChI is InChI=1S/C16H10FN3O/c17-11-5-6-15-12(7-11)13(16(21)20-15)9-19-14-4-2-1-3-10(14)8-18/h1-7,9,20-21H. The molecule has 21 heavy (non-hydrogen) atoms. The Bertz CT molecular complexity index is 890. The number of halogens is 1. The van der Waals surface area contributed by atoms with E-state index in [0.29, 0.717) is 27.7 Å². The second-order valence-electron chi connectivity index (χ2n) is 4.46. The number of aromatic nitrogens is 1. The quantitative estimate of drug-likeness (QED) is 0.703. The molecule has 3 aromatic rings. The summed E-state index contributed by atoms with van der Waals surface area (Å²) < 4.78 is 13.3. The molecule has 2 aromatic carbocycles. The van der Waals surface area contributed by atoms with Crippen molar-refractivity contribution < 1.29 is 9.50 Å². The number of fused-ring (bicyclic) bond motifs is 1. The molecule has 0 fully saturated rings. The lowest BCUT2D eigenvalue weighted by atomic mass is 10.1. The molecule has 0 aliphatic carbocycles. The molecule has 4 nitrogen and oxygen atoms in total. The zero-order valence-corrected chi connectivity index (χ0v) is 10.8. The van der Waals surface area contributed by atoms with Gasteiger partial charge in [0.2, 0.25) is 0 Å². The number of hydrogen-bond donors (Lipinski definition) is 2. The molecule has 0 radical (unpaired) electrons. The number of hydrogen-bond acceptors (Lipinski definition) is 3. The topological polar surface area (TPSA) is 72.2 Å². The van der Waals surface area contributed by atoms with Gasteiger partial charge in [-0.15, -0.1) is 0 Å². The van der Waals surface area contributed by atoms with Gasteiger partial charge >= 0.3 is 0 Å². The van der Waals surface area contributed by atoms with Crippen molar-refractivity contribution in [2.24, 2.45) is 4.99 Å². The van der Waals surface area contributed by atoms with Crippen LogP contribution >= 0.6 is 0 Å². The molecule has 2 N–H and O–H groups in total. The third kappa shape index (κ3) is 2.35. The average Bonchev–Trinajstić information content (AvgIpc) is 2.80. The van der Waals surface area contributed by atoms with Crippen LogP contribution < -0.4 is 0 Å². The highest BCUT2D eigenvalue weighted by atomic mass is 19.1. The fourth-order valence-electron chi connectivity index (χ4n) is 2.12. The van der Waals surface area contributed by atoms with Crippen LogP contribution in [0.4, 0.5) is 10.1 Å². The number of nitrogens with zero attached hydrogens (tertiary/aromatic N) is 2. The molecule has 0 atom stereocenters. The van der Waals surface area contributed by atoms with E-state index in [2.05, 4.69) is 9.98 Å². The summed E-state index contributed by atoms with van der Waals surface area (Å²) in [6.45, 7) is 0. The molecule has 0 saturated heterocycles. The molecular formula is C16H10FN3O. The molecule has 0 bridgehead atoms. The molecule has 0 unspecified atom stereocenters. The largest absolute Gasteiger partial charge is 0.494 e. The van der Waals surface area contributed by atoms with E-state index in [1.165, 1.54) is 18.3 Å². The van der Waals surface area contributed by atoms with Gasteiger partial charge in [0.1, 0.15) is 11.9 Å². The molecule has 0 aliphatic heterocycles. The van der Waals surface area contributed by atoms with Crippen molar-refractivity contribution in [1.82, 2.24) is 4.98 Å². The van der Waals surface area contributed by atoms with E-state index < -0.39 is 5.82 Å². The van der Waals surface area contributed by atoms with E-state index in [0.717, 1.165) is 0 Å². The minimum atomic E-state index is -0.395. The monoisotopic (exact) mass is 279 g/mol. The van der Waals surface area contributed by atoms with Gasteiger partial charge in [-0.1, -0.05) is 12.1 Å². The predicted molar refractivity (Wildman–Crippen MR) is 78.3 cm³/mol. The number of aliphatic imine (C=N–C) groups is 1. The summed E-state index contributed by atoms with van der Waals surface area (Å²) in [4.78, 5) is 6.96. The second kappa shape index (κ2) is 5.10. The molecule has 0 amide bonds. The molecule has 1 heterocycles. The number of H-pyrrole nitrogens is 1. The SMILES string of the molecule is N#Cc1ccccc1N=Cc1c(O)[nH]c2ccc(F)cc12. The number of aromatic hydroxyl groups is 1. The van der Waals surface area contributed by atoms with Gasteiger partial charge in [0, 0.05) is 17.1 Å². The average molecular weight is 279 g/mol. The van der Waals surface area contributed by atoms with Gasteiger partial charge in [0.15, 0.2) is 5.88 Å². The van der Waals surface area contributed by atoms with Gasteiger partial charge in [-0.2, -0.15) is 5.26 Å². The van der Waals surface area contributed by atoms with Crippen molar-refractivity contribution in [3.8, 4) is 11.9 Å². The van der Waals surface area contributed by atoms with Crippen LogP contribution in [-0.2, 0) is 0 Å². The Morgan fingerprint density at radius 3 is 2.86 bits per heavy atom. The molecule has 1 aromatic heterocycles. The minimum absolute atomic E-state index is 0.0891. The summed E-state index contributed by atoms with van der Waals surface area (Å²) in [5.41, 5.74) is 1.92. The molecule has 0 saturated carbocycles. The van der Waals surface area contributed by atoms with Gasteiger partial charge in [0.25, 0.3) is 0 Å². The van der Waals surface area contributed by atoms with Gasteiger partial charge in [-0.3, -0.25) is 4.99 Å². The van der Waals surface area contributed by atoms with E-state index >= 15 is 0 Å². The van der Waals surface area contributed by atoms with Crippen LogP contribution in [0.1, 0.15) is 11.1 Å². The van der Waals surface area contributed by atoms with E-state index in [1.54, 1.807) is 30.3 Å². The summed E-state index contributed by atoms with van der Waals surface area (Å²) >= 11 is 0. The summed E-state index contributed by atoms with van der Waals surface area (Å²) in [7, 11) is 0. The van der Waals surface area contributed by atoms with Gasteiger partial charge in [0.05, 0.1) is 16.8 Å². The lowest BCUT2D eigenvalue weighted by Gasteiger charge is -1.96. The van der Waals surface area contributed by atoms with Crippen molar-refractivity contribution in [2.45, 2.75) is 0 Å². The fraction of sp³-hybridized carbons (Fsp3) is 0. The summed E-state index contributed by atoms with van der Waals surface area (Å²) in [5, 5.41) is 19.4. The number of rotatable bonds is 2. The zero-order valence-electron chi connectivity index (χ0n) is 10.8. The maximum atomic E-state index is 13.3. The number of benzene rings is 2.